The number of nitrogens with zero attached hydrogens (tertiary/aromatic N) is 1. The van der Waals surface area contributed by atoms with Crippen molar-refractivity contribution in [2.24, 2.45) is 0 Å². The fourth-order valence-electron chi connectivity index (χ4n) is 2.05. The van der Waals surface area contributed by atoms with Gasteiger partial charge in [-0.25, -0.2) is 4.79 Å². The van der Waals surface area contributed by atoms with Crippen LogP contribution >= 0.6 is 11.3 Å². The Morgan fingerprint density at radius 2 is 2.10 bits per heavy atom. The molecule has 1 aliphatic rings. The first-order valence-electron chi connectivity index (χ1n) is 6.62. The summed E-state index contributed by atoms with van der Waals surface area (Å²) in [6, 6.07) is 1.94. The van der Waals surface area contributed by atoms with Crippen LogP contribution in [0.15, 0.2) is 6.07 Å². The lowest BCUT2D eigenvalue weighted by molar-refractivity contribution is -0.114. The van der Waals surface area contributed by atoms with Crippen molar-refractivity contribution >= 4 is 28.3 Å². The van der Waals surface area contributed by atoms with E-state index in [1.54, 1.807) is 16.2 Å². The highest BCUT2D eigenvalue weighted by molar-refractivity contribution is 7.16. The Balaban J connectivity index is 2.05. The van der Waals surface area contributed by atoms with Crippen LogP contribution in [-0.2, 0) is 22.5 Å². The van der Waals surface area contributed by atoms with Gasteiger partial charge >= 0.3 is 6.09 Å². The van der Waals surface area contributed by atoms with E-state index in [1.807, 2.05) is 26.8 Å². The van der Waals surface area contributed by atoms with Gasteiger partial charge in [0.1, 0.15) is 5.60 Å². The number of rotatable bonds is 1. The number of carbonyl (C=O) groups excluding carboxylic acids is 2. The average molecular weight is 296 g/mol. The summed E-state index contributed by atoms with van der Waals surface area (Å²) in [5.41, 5.74) is 0.615. The first-order valence-corrected chi connectivity index (χ1v) is 7.43. The number of ether oxygens (including phenoxy) is 1. The molecule has 1 aromatic heterocycles. The third kappa shape index (κ3) is 3.72. The molecule has 2 heterocycles. The number of anilines is 1. The van der Waals surface area contributed by atoms with Crippen molar-refractivity contribution in [3.8, 4) is 0 Å². The van der Waals surface area contributed by atoms with Crippen molar-refractivity contribution in [3.63, 3.8) is 0 Å². The minimum Gasteiger partial charge on any atom is -0.444 e. The second kappa shape index (κ2) is 5.44. The van der Waals surface area contributed by atoms with Crippen molar-refractivity contribution in [1.29, 1.82) is 0 Å². The molecular weight excluding hydrogens is 276 g/mol. The van der Waals surface area contributed by atoms with Crippen LogP contribution in [0.1, 0.15) is 38.1 Å². The largest absolute Gasteiger partial charge is 0.444 e. The Bertz CT molecular complexity index is 531. The molecule has 2 amide bonds. The zero-order valence-electron chi connectivity index (χ0n) is 12.3. The molecule has 20 heavy (non-hydrogen) atoms. The number of fused-ring (bicyclic) bond motifs is 1. The Morgan fingerprint density at radius 1 is 1.40 bits per heavy atom. The lowest BCUT2D eigenvalue weighted by Crippen LogP contribution is -2.39. The van der Waals surface area contributed by atoms with Gasteiger partial charge in [-0.2, -0.15) is 0 Å². The summed E-state index contributed by atoms with van der Waals surface area (Å²) in [6.45, 7) is 8.27. The third-order valence-electron chi connectivity index (χ3n) is 2.82. The summed E-state index contributed by atoms with van der Waals surface area (Å²) in [7, 11) is 0. The summed E-state index contributed by atoms with van der Waals surface area (Å²) in [4.78, 5) is 26.0. The zero-order valence-corrected chi connectivity index (χ0v) is 13.1. The van der Waals surface area contributed by atoms with Crippen LogP contribution in [0.2, 0.25) is 0 Å². The molecule has 1 aromatic rings. The molecule has 0 unspecified atom stereocenters. The van der Waals surface area contributed by atoms with Crippen LogP contribution < -0.4 is 5.32 Å². The minimum atomic E-state index is -0.479. The maximum Gasteiger partial charge on any atom is 0.410 e. The third-order valence-corrected chi connectivity index (χ3v) is 3.97. The van der Waals surface area contributed by atoms with Crippen molar-refractivity contribution in [2.75, 3.05) is 11.9 Å². The van der Waals surface area contributed by atoms with Gasteiger partial charge in [-0.1, -0.05) is 0 Å². The Labute approximate surface area is 122 Å². The normalized spacial score (nSPS) is 14.7. The van der Waals surface area contributed by atoms with Crippen LogP contribution in [0.4, 0.5) is 9.80 Å². The van der Waals surface area contributed by atoms with Crippen molar-refractivity contribution < 1.29 is 14.3 Å². The molecule has 0 saturated heterocycles. The van der Waals surface area contributed by atoms with Crippen LogP contribution in [0.5, 0.6) is 0 Å². The standard InChI is InChI=1S/C14H20N2O3S/c1-9(17)15-12-7-10-8-16(6-5-11(10)20-12)13(18)19-14(2,3)4/h7H,5-6,8H2,1-4H3,(H,15,17). The maximum absolute atomic E-state index is 12.0. The highest BCUT2D eigenvalue weighted by Gasteiger charge is 2.26. The van der Waals surface area contributed by atoms with Crippen molar-refractivity contribution in [3.05, 3.63) is 16.5 Å². The molecule has 2 rings (SSSR count). The molecule has 0 saturated carbocycles. The molecule has 0 aromatic carbocycles. The number of hydrogen-bond donors (Lipinski definition) is 1. The molecule has 0 aliphatic carbocycles. The molecule has 5 nitrogen and oxygen atoms in total. The predicted octanol–water partition coefficient (Wildman–Crippen LogP) is 3.00. The molecule has 0 atom stereocenters. The van der Waals surface area contributed by atoms with E-state index < -0.39 is 5.60 Å². The molecule has 1 aliphatic heterocycles. The van der Waals surface area contributed by atoms with Gasteiger partial charge in [0.25, 0.3) is 0 Å². The van der Waals surface area contributed by atoms with E-state index in [9.17, 15) is 9.59 Å². The van der Waals surface area contributed by atoms with Gasteiger partial charge in [0.05, 0.1) is 11.5 Å². The Morgan fingerprint density at radius 3 is 2.70 bits per heavy atom. The molecule has 110 valence electrons. The minimum absolute atomic E-state index is 0.0763. The number of thiophene rings is 1. The Hall–Kier alpha value is -1.56. The molecule has 0 fully saturated rings. The molecule has 0 radical (unpaired) electrons. The van der Waals surface area contributed by atoms with Crippen LogP contribution in [-0.4, -0.2) is 29.0 Å². The van der Waals surface area contributed by atoms with E-state index >= 15 is 0 Å². The van der Waals surface area contributed by atoms with E-state index in [4.69, 9.17) is 4.74 Å². The van der Waals surface area contributed by atoms with E-state index in [-0.39, 0.29) is 12.0 Å². The smallest absolute Gasteiger partial charge is 0.410 e. The van der Waals surface area contributed by atoms with Gasteiger partial charge < -0.3 is 15.0 Å². The highest BCUT2D eigenvalue weighted by atomic mass is 32.1. The predicted molar refractivity (Wildman–Crippen MR) is 79.0 cm³/mol. The van der Waals surface area contributed by atoms with Crippen molar-refractivity contribution in [1.82, 2.24) is 4.90 Å². The van der Waals surface area contributed by atoms with Gasteiger partial charge in [-0.05, 0) is 38.8 Å². The first-order chi connectivity index (χ1) is 9.24. The summed E-state index contributed by atoms with van der Waals surface area (Å²) >= 11 is 1.58. The molecule has 0 spiro atoms. The lowest BCUT2D eigenvalue weighted by Gasteiger charge is -2.29. The van der Waals surface area contributed by atoms with E-state index in [0.29, 0.717) is 13.1 Å². The number of carbonyl (C=O) groups is 2. The van der Waals surface area contributed by atoms with E-state index in [2.05, 4.69) is 5.32 Å². The van der Waals surface area contributed by atoms with Gasteiger partial charge in [0, 0.05) is 18.3 Å². The molecule has 1 N–H and O–H groups in total. The lowest BCUT2D eigenvalue weighted by atomic mass is 10.1. The summed E-state index contributed by atoms with van der Waals surface area (Å²) < 4.78 is 5.38. The average Bonchev–Trinajstić information content (AvgIpc) is 2.66. The maximum atomic E-state index is 12.0. The fraction of sp³-hybridized carbons (Fsp3) is 0.571. The van der Waals surface area contributed by atoms with Crippen LogP contribution in [0, 0.1) is 0 Å². The molecular formula is C14H20N2O3S. The van der Waals surface area contributed by atoms with Gasteiger partial charge in [-0.15, -0.1) is 11.3 Å². The zero-order chi connectivity index (χ0) is 14.9. The summed E-state index contributed by atoms with van der Waals surface area (Å²) in [6.07, 6.45) is 0.522. The number of hydrogen-bond acceptors (Lipinski definition) is 4. The summed E-state index contributed by atoms with van der Waals surface area (Å²) in [5, 5.41) is 3.63. The van der Waals surface area contributed by atoms with Gasteiger partial charge in [0.2, 0.25) is 5.91 Å². The fourth-order valence-corrected chi connectivity index (χ4v) is 3.16. The van der Waals surface area contributed by atoms with Gasteiger partial charge in [-0.3, -0.25) is 4.79 Å². The molecule has 0 bridgehead atoms. The highest BCUT2D eigenvalue weighted by Crippen LogP contribution is 2.32. The SMILES string of the molecule is CC(=O)Nc1cc2c(s1)CCN(C(=O)OC(C)(C)C)C2. The van der Waals surface area contributed by atoms with E-state index in [1.165, 1.54) is 11.8 Å². The second-order valence-corrected chi connectivity index (χ2v) is 7.03. The van der Waals surface area contributed by atoms with Crippen LogP contribution in [0.25, 0.3) is 0 Å². The second-order valence-electron chi connectivity index (χ2n) is 5.89. The number of amides is 2. The first kappa shape index (κ1) is 14.8. The van der Waals surface area contributed by atoms with E-state index in [0.717, 1.165) is 17.0 Å². The topological polar surface area (TPSA) is 58.6 Å². The quantitative estimate of drug-likeness (QED) is 0.866. The van der Waals surface area contributed by atoms with Crippen molar-refractivity contribution in [2.45, 2.75) is 46.3 Å². The molecule has 6 heteroatoms. The monoisotopic (exact) mass is 296 g/mol. The van der Waals surface area contributed by atoms with Gasteiger partial charge in [0.15, 0.2) is 0 Å². The number of nitrogens with one attached hydrogen (secondary N) is 1. The van der Waals surface area contributed by atoms with Crippen LogP contribution in [0.3, 0.4) is 0 Å². The Kier molecular flexibility index (Phi) is 4.04. The summed E-state index contributed by atoms with van der Waals surface area (Å²) in [5.74, 6) is -0.0763.